The van der Waals surface area contributed by atoms with Crippen molar-refractivity contribution in [3.63, 3.8) is 0 Å². The van der Waals surface area contributed by atoms with Crippen LogP contribution in [0.5, 0.6) is 0 Å². The van der Waals surface area contributed by atoms with Gasteiger partial charge in [0, 0.05) is 12.6 Å². The number of benzene rings is 1. The van der Waals surface area contributed by atoms with E-state index in [1.807, 2.05) is 25.1 Å². The number of nitrogens with zero attached hydrogens (tertiary/aromatic N) is 2. The number of rotatable bonds is 3. The molecule has 5 heteroatoms. The summed E-state index contributed by atoms with van der Waals surface area (Å²) in [6.07, 6.45) is 1.99. The summed E-state index contributed by atoms with van der Waals surface area (Å²) in [6, 6.07) is 9.74. The number of carboxylic acids is 1. The Bertz CT molecular complexity index is 793. The molecule has 0 aliphatic heterocycles. The van der Waals surface area contributed by atoms with Crippen molar-refractivity contribution in [2.45, 2.75) is 13.3 Å². The minimum absolute atomic E-state index is 0.156. The molecule has 1 aromatic carbocycles. The lowest BCUT2D eigenvalue weighted by molar-refractivity contribution is 0.0696. The van der Waals surface area contributed by atoms with E-state index in [4.69, 9.17) is 5.11 Å². The van der Waals surface area contributed by atoms with E-state index in [1.165, 1.54) is 11.8 Å². The largest absolute Gasteiger partial charge is 0.478 e. The second-order valence-corrected chi connectivity index (χ2v) is 4.75. The summed E-state index contributed by atoms with van der Waals surface area (Å²) < 4.78 is 0. The Morgan fingerprint density at radius 3 is 2.95 bits per heavy atom. The number of pyridine rings is 1. The highest BCUT2D eigenvalue weighted by Crippen LogP contribution is 2.14. The molecule has 0 aliphatic rings. The van der Waals surface area contributed by atoms with Gasteiger partial charge in [-0.1, -0.05) is 29.8 Å². The van der Waals surface area contributed by atoms with Crippen LogP contribution in [0.15, 0.2) is 36.5 Å². The highest BCUT2D eigenvalue weighted by atomic mass is 16.4. The third-order valence-corrected chi connectivity index (χ3v) is 3.09. The molecule has 0 saturated carbocycles. The van der Waals surface area contributed by atoms with E-state index in [1.54, 1.807) is 6.07 Å². The Morgan fingerprint density at radius 1 is 1.35 bits per heavy atom. The number of carboxylic acid groups (broad SMARTS) is 1. The van der Waals surface area contributed by atoms with Gasteiger partial charge in [-0.25, -0.2) is 14.8 Å². The molecule has 0 unspecified atom stereocenters. The maximum absolute atomic E-state index is 10.9. The predicted molar refractivity (Wildman–Crippen MR) is 74.8 cm³/mol. The van der Waals surface area contributed by atoms with Gasteiger partial charge >= 0.3 is 5.97 Å². The predicted octanol–water partition coefficient (Wildman–Crippen LogP) is 2.56. The smallest absolute Gasteiger partial charge is 0.337 e. The second-order valence-electron chi connectivity index (χ2n) is 4.75. The summed E-state index contributed by atoms with van der Waals surface area (Å²) in [5.74, 6) is -0.213. The van der Waals surface area contributed by atoms with Crippen molar-refractivity contribution in [3.8, 4) is 0 Å². The van der Waals surface area contributed by atoms with Gasteiger partial charge in [0.1, 0.15) is 5.82 Å². The topological polar surface area (TPSA) is 78.9 Å². The molecule has 0 amide bonds. The summed E-state index contributed by atoms with van der Waals surface area (Å²) in [4.78, 5) is 22.5. The number of hydrogen-bond donors (Lipinski definition) is 2. The molecule has 0 spiro atoms. The summed E-state index contributed by atoms with van der Waals surface area (Å²) in [5, 5.41) is 8.94. The summed E-state index contributed by atoms with van der Waals surface area (Å²) in [6.45, 7) is 2.04. The van der Waals surface area contributed by atoms with E-state index >= 15 is 0 Å². The van der Waals surface area contributed by atoms with Gasteiger partial charge in [0.25, 0.3) is 0 Å². The highest BCUT2D eigenvalue weighted by Gasteiger charge is 2.09. The number of aromatic carboxylic acids is 1. The number of hydrogen-bond acceptors (Lipinski definition) is 3. The molecular formula is C15H13N3O2. The van der Waals surface area contributed by atoms with E-state index in [2.05, 4.69) is 21.0 Å². The molecule has 0 atom stereocenters. The van der Waals surface area contributed by atoms with Crippen LogP contribution in [0.4, 0.5) is 0 Å². The molecule has 2 aromatic heterocycles. The molecule has 0 fully saturated rings. The Kier molecular flexibility index (Phi) is 2.95. The first-order valence-electron chi connectivity index (χ1n) is 6.25. The van der Waals surface area contributed by atoms with Crippen LogP contribution in [-0.4, -0.2) is 26.0 Å². The summed E-state index contributed by atoms with van der Waals surface area (Å²) in [7, 11) is 0. The lowest BCUT2D eigenvalue weighted by Crippen LogP contribution is -1.96. The normalized spacial score (nSPS) is 10.8. The lowest BCUT2D eigenvalue weighted by atomic mass is 10.1. The van der Waals surface area contributed by atoms with Crippen LogP contribution in [0.1, 0.15) is 27.3 Å². The van der Waals surface area contributed by atoms with Crippen LogP contribution in [0.3, 0.4) is 0 Å². The number of H-pyrrole nitrogens is 1. The van der Waals surface area contributed by atoms with Crippen LogP contribution in [0.25, 0.3) is 11.2 Å². The van der Waals surface area contributed by atoms with Crippen LogP contribution in [0.2, 0.25) is 0 Å². The van der Waals surface area contributed by atoms with Crippen LogP contribution >= 0.6 is 0 Å². The average Bonchev–Trinajstić information content (AvgIpc) is 2.79. The molecule has 5 nitrogen and oxygen atoms in total. The number of aromatic nitrogens is 3. The first kappa shape index (κ1) is 12.3. The Balaban J connectivity index is 1.95. The van der Waals surface area contributed by atoms with Crippen molar-refractivity contribution in [2.24, 2.45) is 0 Å². The molecule has 0 saturated heterocycles. The third kappa shape index (κ3) is 2.38. The van der Waals surface area contributed by atoms with E-state index in [0.29, 0.717) is 17.6 Å². The first-order valence-corrected chi connectivity index (χ1v) is 6.25. The molecule has 3 rings (SSSR count). The molecule has 3 aromatic rings. The maximum Gasteiger partial charge on any atom is 0.337 e. The minimum atomic E-state index is -0.991. The van der Waals surface area contributed by atoms with Crippen molar-refractivity contribution in [2.75, 3.05) is 0 Å². The van der Waals surface area contributed by atoms with Crippen molar-refractivity contribution < 1.29 is 9.90 Å². The van der Waals surface area contributed by atoms with Crippen LogP contribution < -0.4 is 0 Å². The highest BCUT2D eigenvalue weighted by molar-refractivity contribution is 5.90. The molecular weight excluding hydrogens is 254 g/mol. The zero-order valence-electron chi connectivity index (χ0n) is 10.9. The number of fused-ring (bicyclic) bond motifs is 1. The third-order valence-electron chi connectivity index (χ3n) is 3.09. The quantitative estimate of drug-likeness (QED) is 0.764. The second kappa shape index (κ2) is 4.77. The zero-order chi connectivity index (χ0) is 14.1. The van der Waals surface area contributed by atoms with Crippen molar-refractivity contribution in [3.05, 3.63) is 59.0 Å². The zero-order valence-corrected chi connectivity index (χ0v) is 10.9. The van der Waals surface area contributed by atoms with Crippen molar-refractivity contribution >= 4 is 17.1 Å². The van der Waals surface area contributed by atoms with Gasteiger partial charge in [-0.3, -0.25) is 0 Å². The molecule has 0 aliphatic carbocycles. The van der Waals surface area contributed by atoms with Gasteiger partial charge in [0.05, 0.1) is 11.1 Å². The molecule has 0 radical (unpaired) electrons. The number of nitrogens with one attached hydrogen (secondary N) is 1. The van der Waals surface area contributed by atoms with Gasteiger partial charge in [0.2, 0.25) is 0 Å². The Hall–Kier alpha value is -2.69. The lowest BCUT2D eigenvalue weighted by Gasteiger charge is -1.99. The molecule has 2 N–H and O–H groups in total. The average molecular weight is 267 g/mol. The molecule has 2 heterocycles. The van der Waals surface area contributed by atoms with E-state index in [0.717, 1.165) is 11.4 Å². The van der Waals surface area contributed by atoms with Crippen molar-refractivity contribution in [1.82, 2.24) is 15.0 Å². The fraction of sp³-hybridized carbons (Fsp3) is 0.133. The van der Waals surface area contributed by atoms with Gasteiger partial charge in [-0.05, 0) is 18.6 Å². The SMILES string of the molecule is Cc1cccc(Cc2nc3ncc(C(=O)O)cc3[nH]2)c1. The maximum atomic E-state index is 10.9. The fourth-order valence-corrected chi connectivity index (χ4v) is 2.17. The van der Waals surface area contributed by atoms with Gasteiger partial charge in [0.15, 0.2) is 5.65 Å². The van der Waals surface area contributed by atoms with Crippen LogP contribution in [0, 0.1) is 6.92 Å². The number of aromatic amines is 1. The molecule has 100 valence electrons. The summed E-state index contributed by atoms with van der Waals surface area (Å²) in [5.41, 5.74) is 3.70. The Morgan fingerprint density at radius 2 is 2.20 bits per heavy atom. The molecule has 0 bridgehead atoms. The fourth-order valence-electron chi connectivity index (χ4n) is 2.17. The number of carbonyl (C=O) groups is 1. The van der Waals surface area contributed by atoms with E-state index in [9.17, 15) is 4.79 Å². The van der Waals surface area contributed by atoms with Gasteiger partial charge < -0.3 is 10.1 Å². The molecule has 20 heavy (non-hydrogen) atoms. The summed E-state index contributed by atoms with van der Waals surface area (Å²) >= 11 is 0. The van der Waals surface area contributed by atoms with Gasteiger partial charge in [-0.2, -0.15) is 0 Å². The standard InChI is InChI=1S/C15H13N3O2/c1-9-3-2-4-10(5-9)6-13-17-12-7-11(15(19)20)8-16-14(12)18-13/h2-5,7-8H,6H2,1H3,(H,19,20)(H,16,17,18). The van der Waals surface area contributed by atoms with E-state index in [-0.39, 0.29) is 5.56 Å². The van der Waals surface area contributed by atoms with Crippen LogP contribution in [-0.2, 0) is 6.42 Å². The van der Waals surface area contributed by atoms with Gasteiger partial charge in [-0.15, -0.1) is 0 Å². The first-order chi connectivity index (χ1) is 9.61. The number of imidazole rings is 1. The number of aryl methyl sites for hydroxylation is 1. The monoisotopic (exact) mass is 267 g/mol. The van der Waals surface area contributed by atoms with Crippen molar-refractivity contribution in [1.29, 1.82) is 0 Å². The Labute approximate surface area is 115 Å². The van der Waals surface area contributed by atoms with E-state index < -0.39 is 5.97 Å². The minimum Gasteiger partial charge on any atom is -0.478 e.